The molecule has 5 rings (SSSR count). The van der Waals surface area contributed by atoms with Gasteiger partial charge in [-0.15, -0.1) is 0 Å². The van der Waals surface area contributed by atoms with Crippen LogP contribution in [0.15, 0.2) is 70.4 Å². The number of imidazole rings is 2. The summed E-state index contributed by atoms with van der Waals surface area (Å²) < 4.78 is 6.49. The largest absolute Gasteiger partial charge is 0.332 e. The highest BCUT2D eigenvalue weighted by atomic mass is 16.2. The fourth-order valence-electron chi connectivity index (χ4n) is 3.93. The van der Waals surface area contributed by atoms with E-state index in [4.69, 9.17) is 0 Å². The van der Waals surface area contributed by atoms with Crippen molar-refractivity contribution in [3.63, 3.8) is 0 Å². The van der Waals surface area contributed by atoms with Gasteiger partial charge in [0.25, 0.3) is 5.56 Å². The van der Waals surface area contributed by atoms with Gasteiger partial charge in [0.05, 0.1) is 6.54 Å². The van der Waals surface area contributed by atoms with Gasteiger partial charge in [-0.2, -0.15) is 4.98 Å². The molecule has 0 fully saturated rings. The van der Waals surface area contributed by atoms with E-state index in [1.807, 2.05) is 79.2 Å². The Labute approximate surface area is 172 Å². The Hall–Kier alpha value is -3.87. The van der Waals surface area contributed by atoms with Crippen molar-refractivity contribution in [3.05, 3.63) is 98.5 Å². The Kier molecular flexibility index (Phi) is 3.99. The number of nitrogens with zero attached hydrogens (tertiary/aromatic N) is 5. The Bertz CT molecular complexity index is 1520. The fourth-order valence-corrected chi connectivity index (χ4v) is 3.93. The molecule has 0 unspecified atom stereocenters. The first kappa shape index (κ1) is 18.2. The third-order valence-corrected chi connectivity index (χ3v) is 5.50. The van der Waals surface area contributed by atoms with Gasteiger partial charge in [0, 0.05) is 24.6 Å². The molecule has 5 aromatic rings. The number of aryl methyl sites for hydroxylation is 3. The summed E-state index contributed by atoms with van der Waals surface area (Å²) in [4.78, 5) is 31.0. The molecule has 0 N–H and O–H groups in total. The molecule has 7 nitrogen and oxygen atoms in total. The Morgan fingerprint density at radius 3 is 2.33 bits per heavy atom. The van der Waals surface area contributed by atoms with Crippen LogP contribution >= 0.6 is 0 Å². The summed E-state index contributed by atoms with van der Waals surface area (Å²) in [6, 6.07) is 17.6. The maximum Gasteiger partial charge on any atom is 0.332 e. The summed E-state index contributed by atoms with van der Waals surface area (Å²) in [5, 5.41) is 0. The molecule has 150 valence electrons. The van der Waals surface area contributed by atoms with Crippen LogP contribution in [0.3, 0.4) is 0 Å². The van der Waals surface area contributed by atoms with Crippen molar-refractivity contribution in [2.45, 2.75) is 20.4 Å². The normalized spacial score (nSPS) is 11.6. The number of fused-ring (bicyclic) bond motifs is 3. The fraction of sp³-hybridized carbons (Fsp3) is 0.174. The van der Waals surface area contributed by atoms with Crippen molar-refractivity contribution in [2.75, 3.05) is 0 Å². The summed E-state index contributed by atoms with van der Waals surface area (Å²) in [6.45, 7) is 4.23. The molecule has 0 spiro atoms. The Balaban J connectivity index is 1.80. The first-order valence-electron chi connectivity index (χ1n) is 9.76. The first-order valence-corrected chi connectivity index (χ1v) is 9.76. The van der Waals surface area contributed by atoms with E-state index in [-0.39, 0.29) is 17.8 Å². The second kappa shape index (κ2) is 6.59. The van der Waals surface area contributed by atoms with Crippen molar-refractivity contribution in [1.82, 2.24) is 23.1 Å². The number of benzene rings is 2. The number of aromatic nitrogens is 5. The van der Waals surface area contributed by atoms with E-state index in [1.54, 1.807) is 11.4 Å². The molecule has 7 heteroatoms. The molecule has 0 aliphatic rings. The van der Waals surface area contributed by atoms with E-state index in [9.17, 15) is 9.59 Å². The zero-order chi connectivity index (χ0) is 21.0. The average molecular weight is 399 g/mol. The van der Waals surface area contributed by atoms with Crippen molar-refractivity contribution in [3.8, 4) is 5.69 Å². The minimum absolute atomic E-state index is 0.215. The van der Waals surface area contributed by atoms with Gasteiger partial charge in [0.2, 0.25) is 5.78 Å². The molecule has 0 aliphatic carbocycles. The van der Waals surface area contributed by atoms with E-state index in [2.05, 4.69) is 4.98 Å². The summed E-state index contributed by atoms with van der Waals surface area (Å²) in [7, 11) is 1.65. The van der Waals surface area contributed by atoms with Gasteiger partial charge >= 0.3 is 5.69 Å². The lowest BCUT2D eigenvalue weighted by Crippen LogP contribution is -2.39. The quantitative estimate of drug-likeness (QED) is 0.469. The van der Waals surface area contributed by atoms with Gasteiger partial charge in [-0.3, -0.25) is 22.9 Å². The van der Waals surface area contributed by atoms with E-state index in [0.29, 0.717) is 16.9 Å². The van der Waals surface area contributed by atoms with Crippen LogP contribution in [0.2, 0.25) is 0 Å². The van der Waals surface area contributed by atoms with Gasteiger partial charge in [-0.05, 0) is 31.5 Å². The summed E-state index contributed by atoms with van der Waals surface area (Å²) in [5.41, 5.74) is 4.03. The van der Waals surface area contributed by atoms with Gasteiger partial charge in [-0.25, -0.2) is 4.79 Å². The third-order valence-electron chi connectivity index (χ3n) is 5.50. The lowest BCUT2D eigenvalue weighted by Gasteiger charge is -2.08. The highest BCUT2D eigenvalue weighted by Crippen LogP contribution is 2.21. The molecule has 0 radical (unpaired) electrons. The van der Waals surface area contributed by atoms with Gasteiger partial charge in [0.1, 0.15) is 0 Å². The third kappa shape index (κ3) is 2.62. The monoisotopic (exact) mass is 399 g/mol. The van der Waals surface area contributed by atoms with Crippen molar-refractivity contribution in [1.29, 1.82) is 0 Å². The highest BCUT2D eigenvalue weighted by molar-refractivity contribution is 5.76. The van der Waals surface area contributed by atoms with Gasteiger partial charge in [-0.1, -0.05) is 48.0 Å². The molecule has 2 aromatic carbocycles. The lowest BCUT2D eigenvalue weighted by atomic mass is 10.2. The molecule has 0 saturated carbocycles. The maximum atomic E-state index is 13.4. The molecule has 0 bridgehead atoms. The van der Waals surface area contributed by atoms with E-state index in [1.165, 1.54) is 14.7 Å². The van der Waals surface area contributed by atoms with E-state index >= 15 is 0 Å². The van der Waals surface area contributed by atoms with Crippen LogP contribution < -0.4 is 11.2 Å². The number of hydrogen-bond donors (Lipinski definition) is 0. The molecule has 0 aliphatic heterocycles. The van der Waals surface area contributed by atoms with E-state index in [0.717, 1.165) is 16.9 Å². The predicted molar refractivity (Wildman–Crippen MR) is 117 cm³/mol. The maximum absolute atomic E-state index is 13.4. The smallest absolute Gasteiger partial charge is 0.283 e. The molecular weight excluding hydrogens is 378 g/mol. The summed E-state index contributed by atoms with van der Waals surface area (Å²) in [6.07, 6.45) is 1.89. The minimum Gasteiger partial charge on any atom is -0.283 e. The second-order valence-corrected chi connectivity index (χ2v) is 7.61. The van der Waals surface area contributed by atoms with Crippen LogP contribution in [0.4, 0.5) is 0 Å². The molecule has 30 heavy (non-hydrogen) atoms. The zero-order valence-corrected chi connectivity index (χ0v) is 17.0. The van der Waals surface area contributed by atoms with Crippen LogP contribution in [0.25, 0.3) is 22.6 Å². The molecular formula is C23H21N5O2. The molecule has 3 heterocycles. The van der Waals surface area contributed by atoms with Crippen molar-refractivity contribution < 1.29 is 0 Å². The van der Waals surface area contributed by atoms with Crippen LogP contribution in [0.5, 0.6) is 0 Å². The molecule has 0 saturated heterocycles. The van der Waals surface area contributed by atoms with Crippen LogP contribution in [0, 0.1) is 13.8 Å². The number of rotatable bonds is 3. The van der Waals surface area contributed by atoms with Gasteiger partial charge in [0.15, 0.2) is 11.2 Å². The highest BCUT2D eigenvalue weighted by Gasteiger charge is 2.20. The van der Waals surface area contributed by atoms with Crippen LogP contribution in [-0.2, 0) is 13.6 Å². The zero-order valence-electron chi connectivity index (χ0n) is 17.0. The summed E-state index contributed by atoms with van der Waals surface area (Å²) in [5.74, 6) is 0.607. The average Bonchev–Trinajstić information content (AvgIpc) is 3.26. The van der Waals surface area contributed by atoms with Crippen molar-refractivity contribution >= 4 is 16.9 Å². The molecule has 3 aromatic heterocycles. The van der Waals surface area contributed by atoms with Crippen molar-refractivity contribution in [2.24, 2.45) is 7.05 Å². The Morgan fingerprint density at radius 1 is 0.933 bits per heavy atom. The topological polar surface area (TPSA) is 66.2 Å². The molecule has 0 amide bonds. The van der Waals surface area contributed by atoms with Gasteiger partial charge < -0.3 is 0 Å². The summed E-state index contributed by atoms with van der Waals surface area (Å²) >= 11 is 0. The van der Waals surface area contributed by atoms with E-state index < -0.39 is 0 Å². The first-order chi connectivity index (χ1) is 14.5. The minimum atomic E-state index is -0.379. The van der Waals surface area contributed by atoms with Crippen LogP contribution in [0.1, 0.15) is 16.8 Å². The lowest BCUT2D eigenvalue weighted by molar-refractivity contribution is 0.656. The SMILES string of the molecule is Cc1ccc(-n2c(C)cn3c4c(=O)n(Cc5ccccc5)c(=O)n(C)c4nc23)cc1. The molecule has 0 atom stereocenters. The standard InChI is InChI=1S/C23H21N5O2/c1-15-9-11-18(12-10-15)28-16(2)13-26-19-20(24-22(26)28)25(3)23(30)27(21(19)29)14-17-7-5-4-6-8-17/h4-13H,14H2,1-3H3. The van der Waals surface area contributed by atoms with Crippen LogP contribution in [-0.4, -0.2) is 23.1 Å². The Morgan fingerprint density at radius 2 is 1.63 bits per heavy atom. The number of hydrogen-bond acceptors (Lipinski definition) is 3. The predicted octanol–water partition coefficient (Wildman–Crippen LogP) is 2.80. The second-order valence-electron chi connectivity index (χ2n) is 7.61.